The van der Waals surface area contributed by atoms with Crippen LogP contribution in [0.25, 0.3) is 0 Å². The monoisotopic (exact) mass is 426 g/mol. The Bertz CT molecular complexity index is 856. The van der Waals surface area contributed by atoms with Gasteiger partial charge in [0.2, 0.25) is 0 Å². The van der Waals surface area contributed by atoms with Gasteiger partial charge in [-0.25, -0.2) is 26.3 Å². The number of halogens is 6. The molecule has 0 aromatic heterocycles. The summed E-state index contributed by atoms with van der Waals surface area (Å²) in [6.07, 6.45) is 3.23. The normalized spacial score (nSPS) is 18.3. The van der Waals surface area contributed by atoms with Crippen LogP contribution in [0.2, 0.25) is 0 Å². The Morgan fingerprint density at radius 1 is 0.667 bits per heavy atom. The van der Waals surface area contributed by atoms with Crippen LogP contribution in [0.3, 0.4) is 0 Å². The molecule has 0 bridgehead atoms. The summed E-state index contributed by atoms with van der Waals surface area (Å²) < 4.78 is 81.3. The second kappa shape index (κ2) is 8.08. The smallest absolute Gasteiger partial charge is 0.194 e. The molecule has 0 radical (unpaired) electrons. The summed E-state index contributed by atoms with van der Waals surface area (Å²) in [5.41, 5.74) is 0.480. The van der Waals surface area contributed by atoms with Crippen molar-refractivity contribution in [3.8, 4) is 0 Å². The first-order valence-electron chi connectivity index (χ1n) is 10.0. The molecule has 160 valence electrons. The lowest BCUT2D eigenvalue weighted by atomic mass is 9.83. The third kappa shape index (κ3) is 4.40. The van der Waals surface area contributed by atoms with Gasteiger partial charge in [-0.1, -0.05) is 0 Å². The van der Waals surface area contributed by atoms with E-state index in [0.717, 1.165) is 49.9 Å². The molecule has 4 rings (SSSR count). The number of Topliss-reactive ketones (excluding diaryl/α,β-unsaturated/α-hetero) is 1. The topological polar surface area (TPSA) is 17.1 Å². The Balaban J connectivity index is 1.53. The molecule has 2 aromatic carbocycles. The molecule has 2 saturated carbocycles. The van der Waals surface area contributed by atoms with Crippen molar-refractivity contribution in [2.45, 2.75) is 50.4 Å². The van der Waals surface area contributed by atoms with Crippen molar-refractivity contribution in [1.29, 1.82) is 0 Å². The predicted molar refractivity (Wildman–Crippen MR) is 97.8 cm³/mol. The maximum Gasteiger partial charge on any atom is 0.194 e. The van der Waals surface area contributed by atoms with Gasteiger partial charge in [0.15, 0.2) is 34.9 Å². The minimum Gasteiger partial charge on any atom is -0.300 e. The lowest BCUT2D eigenvalue weighted by Gasteiger charge is -2.20. The molecule has 2 fully saturated rings. The second-order valence-electron chi connectivity index (χ2n) is 8.43. The molecule has 7 heteroatoms. The number of ketones is 1. The van der Waals surface area contributed by atoms with Crippen LogP contribution >= 0.6 is 0 Å². The van der Waals surface area contributed by atoms with E-state index in [2.05, 4.69) is 0 Å². The molecular weight excluding hydrogens is 406 g/mol. The lowest BCUT2D eigenvalue weighted by molar-refractivity contribution is -0.120. The van der Waals surface area contributed by atoms with E-state index in [1.54, 1.807) is 0 Å². The Morgan fingerprint density at radius 2 is 0.967 bits per heavy atom. The summed E-state index contributed by atoms with van der Waals surface area (Å²) in [6.45, 7) is 0. The van der Waals surface area contributed by atoms with Crippen molar-refractivity contribution >= 4 is 5.78 Å². The standard InChI is InChI=1S/C23H20F6O/c24-18-5-13(6-19(25)22(18)28)16(11-1-2-11)9-15(30)10-17(12-3-4-12)14-7-20(26)23(29)21(27)8-14/h5-8,11-12,16-17H,1-4,9-10H2/t16-,17-/m1/s1. The highest BCUT2D eigenvalue weighted by molar-refractivity contribution is 5.80. The quantitative estimate of drug-likeness (QED) is 0.345. The van der Waals surface area contributed by atoms with E-state index in [9.17, 15) is 31.1 Å². The number of carbonyl (C=O) groups excluding carboxylic acids is 1. The van der Waals surface area contributed by atoms with Gasteiger partial charge < -0.3 is 0 Å². The maximum absolute atomic E-state index is 13.7. The van der Waals surface area contributed by atoms with E-state index in [1.807, 2.05) is 0 Å². The van der Waals surface area contributed by atoms with Crippen LogP contribution in [0, 0.1) is 46.7 Å². The van der Waals surface area contributed by atoms with E-state index < -0.39 is 46.7 Å². The molecule has 0 spiro atoms. The van der Waals surface area contributed by atoms with Gasteiger partial charge in [0.05, 0.1) is 0 Å². The Labute approximate surface area is 170 Å². The van der Waals surface area contributed by atoms with Crippen molar-refractivity contribution in [3.63, 3.8) is 0 Å². The average Bonchev–Trinajstić information content (AvgIpc) is 3.59. The summed E-state index contributed by atoms with van der Waals surface area (Å²) in [7, 11) is 0. The van der Waals surface area contributed by atoms with Gasteiger partial charge in [-0.15, -0.1) is 0 Å². The third-order valence-electron chi connectivity index (χ3n) is 6.15. The molecule has 1 nitrogen and oxygen atoms in total. The zero-order valence-corrected chi connectivity index (χ0v) is 16.0. The molecular formula is C23H20F6O. The Kier molecular flexibility index (Phi) is 5.64. The first-order chi connectivity index (χ1) is 14.2. The van der Waals surface area contributed by atoms with Gasteiger partial charge >= 0.3 is 0 Å². The maximum atomic E-state index is 13.7. The van der Waals surface area contributed by atoms with Gasteiger partial charge in [0, 0.05) is 12.8 Å². The van der Waals surface area contributed by atoms with Crippen molar-refractivity contribution in [2.75, 3.05) is 0 Å². The molecule has 2 aromatic rings. The van der Waals surface area contributed by atoms with E-state index in [0.29, 0.717) is 0 Å². The van der Waals surface area contributed by atoms with Crippen LogP contribution in [0.15, 0.2) is 24.3 Å². The Hall–Kier alpha value is -2.31. The fourth-order valence-electron chi connectivity index (χ4n) is 4.26. The molecule has 0 heterocycles. The van der Waals surface area contributed by atoms with Crippen LogP contribution in [-0.2, 0) is 4.79 Å². The highest BCUT2D eigenvalue weighted by atomic mass is 19.2. The number of benzene rings is 2. The fraction of sp³-hybridized carbons (Fsp3) is 0.435. The lowest BCUT2D eigenvalue weighted by Crippen LogP contribution is -2.15. The van der Waals surface area contributed by atoms with Crippen LogP contribution in [0.4, 0.5) is 26.3 Å². The number of carbonyl (C=O) groups is 1. The Morgan fingerprint density at radius 3 is 1.23 bits per heavy atom. The molecule has 2 atom stereocenters. The molecule has 0 saturated heterocycles. The third-order valence-corrected chi connectivity index (χ3v) is 6.15. The highest BCUT2D eigenvalue weighted by Gasteiger charge is 2.38. The number of hydrogen-bond donors (Lipinski definition) is 0. The summed E-state index contributed by atoms with van der Waals surface area (Å²) in [6, 6.07) is 3.71. The fourth-order valence-corrected chi connectivity index (χ4v) is 4.26. The molecule has 30 heavy (non-hydrogen) atoms. The van der Waals surface area contributed by atoms with Crippen LogP contribution in [0.1, 0.15) is 61.5 Å². The summed E-state index contributed by atoms with van der Waals surface area (Å²) in [5, 5.41) is 0. The zero-order valence-electron chi connectivity index (χ0n) is 16.0. The van der Waals surface area contributed by atoms with Crippen LogP contribution in [-0.4, -0.2) is 5.78 Å². The SMILES string of the molecule is O=C(C[C@@H](c1cc(F)c(F)c(F)c1)C1CC1)C[C@@H](c1cc(F)c(F)c(F)c1)C1CC1. The van der Waals surface area contributed by atoms with Gasteiger partial charge in [-0.05, 0) is 84.7 Å². The molecule has 0 N–H and O–H groups in total. The van der Waals surface area contributed by atoms with Gasteiger partial charge in [-0.3, -0.25) is 4.79 Å². The number of hydrogen-bond acceptors (Lipinski definition) is 1. The minimum atomic E-state index is -1.55. The van der Waals surface area contributed by atoms with E-state index in [4.69, 9.17) is 0 Å². The predicted octanol–water partition coefficient (Wildman–Crippen LogP) is 6.56. The molecule has 2 aliphatic rings. The zero-order chi connectivity index (χ0) is 21.6. The highest BCUT2D eigenvalue weighted by Crippen LogP contribution is 2.48. The average molecular weight is 426 g/mol. The second-order valence-corrected chi connectivity index (χ2v) is 8.43. The van der Waals surface area contributed by atoms with Crippen molar-refractivity contribution in [1.82, 2.24) is 0 Å². The van der Waals surface area contributed by atoms with Crippen molar-refractivity contribution < 1.29 is 31.1 Å². The van der Waals surface area contributed by atoms with Crippen LogP contribution in [0.5, 0.6) is 0 Å². The van der Waals surface area contributed by atoms with Gasteiger partial charge in [-0.2, -0.15) is 0 Å². The van der Waals surface area contributed by atoms with Crippen LogP contribution < -0.4 is 0 Å². The van der Waals surface area contributed by atoms with E-state index >= 15 is 0 Å². The number of rotatable bonds is 8. The van der Waals surface area contributed by atoms with Crippen molar-refractivity contribution in [3.05, 3.63) is 70.3 Å². The largest absolute Gasteiger partial charge is 0.300 e. The minimum absolute atomic E-state index is 0.00452. The molecule has 0 amide bonds. The molecule has 0 unspecified atom stereocenters. The van der Waals surface area contributed by atoms with E-state index in [1.165, 1.54) is 0 Å². The summed E-state index contributed by atoms with van der Waals surface area (Å²) in [4.78, 5) is 12.8. The molecule has 2 aliphatic carbocycles. The van der Waals surface area contributed by atoms with Gasteiger partial charge in [0.25, 0.3) is 0 Å². The van der Waals surface area contributed by atoms with E-state index in [-0.39, 0.29) is 41.6 Å². The van der Waals surface area contributed by atoms with Gasteiger partial charge in [0.1, 0.15) is 5.78 Å². The molecule has 0 aliphatic heterocycles. The first kappa shape index (κ1) is 20.9. The van der Waals surface area contributed by atoms with Crippen molar-refractivity contribution in [2.24, 2.45) is 11.8 Å². The summed E-state index contributed by atoms with van der Waals surface area (Å²) in [5.74, 6) is -9.20. The first-order valence-corrected chi connectivity index (χ1v) is 10.0. The summed E-state index contributed by atoms with van der Waals surface area (Å²) >= 11 is 0.